The van der Waals surface area contributed by atoms with Crippen molar-refractivity contribution >= 4 is 8.32 Å². The first-order valence-corrected chi connectivity index (χ1v) is 9.03. The molecule has 0 aromatic heterocycles. The Morgan fingerprint density at radius 1 is 0.944 bits per heavy atom. The quantitative estimate of drug-likeness (QED) is 0.770. The molecule has 0 bridgehead atoms. The lowest BCUT2D eigenvalue weighted by molar-refractivity contribution is 0.377. The Labute approximate surface area is 111 Å². The van der Waals surface area contributed by atoms with Gasteiger partial charge in [-0.2, -0.15) is 0 Å². The van der Waals surface area contributed by atoms with Crippen LogP contribution in [0.4, 0.5) is 0 Å². The highest BCUT2D eigenvalue weighted by Crippen LogP contribution is 2.41. The van der Waals surface area contributed by atoms with Gasteiger partial charge in [0.1, 0.15) is 11.5 Å². The molecule has 0 radical (unpaired) electrons. The van der Waals surface area contributed by atoms with Crippen molar-refractivity contribution in [1.29, 1.82) is 0 Å². The van der Waals surface area contributed by atoms with Crippen molar-refractivity contribution in [3.05, 3.63) is 18.2 Å². The van der Waals surface area contributed by atoms with E-state index in [2.05, 4.69) is 33.9 Å². The number of hydrogen-bond acceptors (Lipinski definition) is 3. The average molecular weight is 268 g/mol. The Morgan fingerprint density at radius 3 is 2.00 bits per heavy atom. The molecular formula is C14H24O3Si. The van der Waals surface area contributed by atoms with E-state index in [1.807, 2.05) is 18.2 Å². The normalized spacial score (nSPS) is 12.2. The third-order valence-corrected chi connectivity index (χ3v) is 7.88. The molecule has 0 fully saturated rings. The van der Waals surface area contributed by atoms with E-state index >= 15 is 0 Å². The van der Waals surface area contributed by atoms with Crippen molar-refractivity contribution in [2.24, 2.45) is 0 Å². The summed E-state index contributed by atoms with van der Waals surface area (Å²) in [5, 5.41) is 0.154. The van der Waals surface area contributed by atoms with Gasteiger partial charge >= 0.3 is 0 Å². The highest BCUT2D eigenvalue weighted by molar-refractivity contribution is 6.74. The van der Waals surface area contributed by atoms with Crippen LogP contribution in [0.3, 0.4) is 0 Å². The molecule has 0 spiro atoms. The Morgan fingerprint density at radius 2 is 1.56 bits per heavy atom. The van der Waals surface area contributed by atoms with Crippen molar-refractivity contribution in [2.45, 2.75) is 38.9 Å². The summed E-state index contributed by atoms with van der Waals surface area (Å²) in [5.41, 5.74) is 0. The molecule has 0 unspecified atom stereocenters. The fourth-order valence-corrected chi connectivity index (χ4v) is 2.31. The van der Waals surface area contributed by atoms with Gasteiger partial charge in [0.05, 0.1) is 14.2 Å². The van der Waals surface area contributed by atoms with Crippen LogP contribution in [0.1, 0.15) is 20.8 Å². The highest BCUT2D eigenvalue weighted by Gasteiger charge is 2.39. The fraction of sp³-hybridized carbons (Fsp3) is 0.571. The van der Waals surface area contributed by atoms with Gasteiger partial charge in [-0.25, -0.2) is 0 Å². The second-order valence-corrected chi connectivity index (χ2v) is 10.6. The van der Waals surface area contributed by atoms with Crippen LogP contribution in [-0.4, -0.2) is 22.5 Å². The highest BCUT2D eigenvalue weighted by atomic mass is 28.4. The van der Waals surface area contributed by atoms with E-state index in [0.29, 0.717) is 0 Å². The minimum absolute atomic E-state index is 0.154. The van der Waals surface area contributed by atoms with E-state index in [9.17, 15) is 0 Å². The number of hydrogen-bond donors (Lipinski definition) is 0. The summed E-state index contributed by atoms with van der Waals surface area (Å²) in [6.45, 7) is 11.1. The van der Waals surface area contributed by atoms with Crippen molar-refractivity contribution in [3.63, 3.8) is 0 Å². The van der Waals surface area contributed by atoms with E-state index in [1.54, 1.807) is 14.2 Å². The Hall–Kier alpha value is -1.16. The van der Waals surface area contributed by atoms with Crippen LogP contribution in [0.2, 0.25) is 18.1 Å². The molecule has 0 aliphatic carbocycles. The molecule has 3 nitrogen and oxygen atoms in total. The van der Waals surface area contributed by atoms with Gasteiger partial charge in [-0.1, -0.05) is 20.8 Å². The third-order valence-electron chi connectivity index (χ3n) is 3.54. The maximum absolute atomic E-state index is 6.26. The molecule has 1 aromatic rings. The summed E-state index contributed by atoms with van der Waals surface area (Å²) < 4.78 is 16.8. The Kier molecular flexibility index (Phi) is 4.32. The van der Waals surface area contributed by atoms with Crippen LogP contribution in [-0.2, 0) is 0 Å². The van der Waals surface area contributed by atoms with E-state index in [-0.39, 0.29) is 5.04 Å². The van der Waals surface area contributed by atoms with Gasteiger partial charge in [-0.15, -0.1) is 0 Å². The zero-order valence-electron chi connectivity index (χ0n) is 12.5. The first-order valence-electron chi connectivity index (χ1n) is 6.12. The van der Waals surface area contributed by atoms with Gasteiger partial charge in [-0.05, 0) is 30.3 Å². The maximum atomic E-state index is 6.26. The topological polar surface area (TPSA) is 27.7 Å². The number of benzene rings is 1. The van der Waals surface area contributed by atoms with E-state index in [0.717, 1.165) is 17.2 Å². The van der Waals surface area contributed by atoms with E-state index in [1.165, 1.54) is 0 Å². The molecule has 0 amide bonds. The minimum Gasteiger partial charge on any atom is -0.541 e. The molecule has 0 N–H and O–H groups in total. The van der Waals surface area contributed by atoms with Crippen molar-refractivity contribution < 1.29 is 13.9 Å². The molecule has 0 saturated heterocycles. The monoisotopic (exact) mass is 268 g/mol. The standard InChI is InChI=1S/C14H24O3Si/c1-14(2,3)18(6,7)17-13-10-11(15-4)8-9-12(13)16-5/h8-10H,1-7H3. The first-order chi connectivity index (χ1) is 8.21. The van der Waals surface area contributed by atoms with Crippen LogP contribution in [0.25, 0.3) is 0 Å². The molecule has 4 heteroatoms. The molecule has 0 aliphatic heterocycles. The second kappa shape index (κ2) is 5.22. The summed E-state index contributed by atoms with van der Waals surface area (Å²) in [7, 11) is 1.44. The Bertz CT molecular complexity index is 408. The van der Waals surface area contributed by atoms with Crippen LogP contribution in [0.5, 0.6) is 17.2 Å². The zero-order chi connectivity index (χ0) is 14.0. The number of methoxy groups -OCH3 is 2. The fourth-order valence-electron chi connectivity index (χ4n) is 1.29. The smallest absolute Gasteiger partial charge is 0.250 e. The molecule has 0 aliphatic rings. The van der Waals surface area contributed by atoms with Gasteiger partial charge in [0, 0.05) is 6.07 Å². The van der Waals surface area contributed by atoms with Crippen LogP contribution in [0, 0.1) is 0 Å². The average Bonchev–Trinajstić information content (AvgIpc) is 2.26. The molecule has 1 rings (SSSR count). The second-order valence-electron chi connectivity index (χ2n) is 5.88. The molecule has 18 heavy (non-hydrogen) atoms. The third kappa shape index (κ3) is 3.19. The van der Waals surface area contributed by atoms with Gasteiger partial charge in [0.15, 0.2) is 5.75 Å². The summed E-state index contributed by atoms with van der Waals surface area (Å²) in [4.78, 5) is 0. The zero-order valence-corrected chi connectivity index (χ0v) is 13.5. The SMILES string of the molecule is COc1ccc(OC)c(O[Si](C)(C)C(C)(C)C)c1. The van der Waals surface area contributed by atoms with Crippen LogP contribution in [0.15, 0.2) is 18.2 Å². The van der Waals surface area contributed by atoms with Crippen molar-refractivity contribution in [3.8, 4) is 17.2 Å². The summed E-state index contributed by atoms with van der Waals surface area (Å²) in [6, 6.07) is 5.64. The minimum atomic E-state index is -1.86. The molecule has 0 heterocycles. The lowest BCUT2D eigenvalue weighted by atomic mass is 10.2. The van der Waals surface area contributed by atoms with E-state index < -0.39 is 8.32 Å². The van der Waals surface area contributed by atoms with E-state index in [4.69, 9.17) is 13.9 Å². The molecular weight excluding hydrogens is 244 g/mol. The van der Waals surface area contributed by atoms with Crippen LogP contribution >= 0.6 is 0 Å². The largest absolute Gasteiger partial charge is 0.541 e. The van der Waals surface area contributed by atoms with Gasteiger partial charge in [0.25, 0.3) is 8.32 Å². The molecule has 0 atom stereocenters. The molecule has 1 aromatic carbocycles. The molecule has 102 valence electrons. The molecule has 0 saturated carbocycles. The summed E-state index contributed by atoms with van der Waals surface area (Å²) >= 11 is 0. The maximum Gasteiger partial charge on any atom is 0.250 e. The number of rotatable bonds is 4. The van der Waals surface area contributed by atoms with Crippen LogP contribution < -0.4 is 13.9 Å². The summed E-state index contributed by atoms with van der Waals surface area (Å²) in [6.07, 6.45) is 0. The van der Waals surface area contributed by atoms with Gasteiger partial charge in [0.2, 0.25) is 0 Å². The van der Waals surface area contributed by atoms with Crippen molar-refractivity contribution in [1.82, 2.24) is 0 Å². The predicted molar refractivity (Wildman–Crippen MR) is 77.4 cm³/mol. The first kappa shape index (κ1) is 14.9. The number of ether oxygens (including phenoxy) is 2. The lowest BCUT2D eigenvalue weighted by Gasteiger charge is -2.36. The Balaban J connectivity index is 3.09. The lowest BCUT2D eigenvalue weighted by Crippen LogP contribution is -2.43. The van der Waals surface area contributed by atoms with Gasteiger partial charge < -0.3 is 13.9 Å². The van der Waals surface area contributed by atoms with Crippen molar-refractivity contribution in [2.75, 3.05) is 14.2 Å². The summed E-state index contributed by atoms with van der Waals surface area (Å²) in [5.74, 6) is 2.30. The predicted octanol–water partition coefficient (Wildman–Crippen LogP) is 4.09. The van der Waals surface area contributed by atoms with Gasteiger partial charge in [-0.3, -0.25) is 0 Å².